The van der Waals surface area contributed by atoms with Crippen LogP contribution in [0.5, 0.6) is 0 Å². The lowest BCUT2D eigenvalue weighted by Crippen LogP contribution is -2.49. The molecule has 0 atom stereocenters. The van der Waals surface area contributed by atoms with Gasteiger partial charge in [0.1, 0.15) is 5.82 Å². The lowest BCUT2D eigenvalue weighted by molar-refractivity contribution is -0.147. The molecular formula is C27H25FN2O2. The lowest BCUT2D eigenvalue weighted by atomic mass is 9.99. The van der Waals surface area contributed by atoms with E-state index in [1.807, 2.05) is 48.3 Å². The molecule has 5 heteroatoms. The number of carboxylic acid groups (broad SMARTS) is 1. The minimum atomic E-state index is -0.771. The van der Waals surface area contributed by atoms with Crippen LogP contribution in [0, 0.1) is 23.6 Å². The Morgan fingerprint density at radius 3 is 2.41 bits per heavy atom. The summed E-state index contributed by atoms with van der Waals surface area (Å²) in [6.07, 6.45) is 0.807. The van der Waals surface area contributed by atoms with Gasteiger partial charge < -0.3 is 10.4 Å². The second kappa shape index (κ2) is 9.67. The summed E-state index contributed by atoms with van der Waals surface area (Å²) in [6, 6.07) is 21.4. The number of hydrogen-bond donors (Lipinski definition) is 2. The van der Waals surface area contributed by atoms with Gasteiger partial charge in [-0.2, -0.15) is 0 Å². The highest BCUT2D eigenvalue weighted by molar-refractivity contribution is 5.71. The molecule has 32 heavy (non-hydrogen) atoms. The van der Waals surface area contributed by atoms with Crippen molar-refractivity contribution >= 4 is 11.7 Å². The molecule has 1 aliphatic rings. The second-order valence-electron chi connectivity index (χ2n) is 8.09. The van der Waals surface area contributed by atoms with Crippen LogP contribution in [0.15, 0.2) is 66.7 Å². The van der Waals surface area contributed by atoms with Crippen LogP contribution in [0.2, 0.25) is 0 Å². The monoisotopic (exact) mass is 428 g/mol. The summed E-state index contributed by atoms with van der Waals surface area (Å²) in [7, 11) is 1.84. The third-order valence-electron chi connectivity index (χ3n) is 5.68. The van der Waals surface area contributed by atoms with Crippen LogP contribution >= 0.6 is 0 Å². The van der Waals surface area contributed by atoms with E-state index < -0.39 is 5.97 Å². The van der Waals surface area contributed by atoms with E-state index in [0.29, 0.717) is 25.2 Å². The molecule has 0 bridgehead atoms. The van der Waals surface area contributed by atoms with Crippen molar-refractivity contribution in [2.75, 3.05) is 25.5 Å². The highest BCUT2D eigenvalue weighted by Crippen LogP contribution is 2.21. The first-order valence-electron chi connectivity index (χ1n) is 10.6. The molecule has 0 aliphatic carbocycles. The third-order valence-corrected chi connectivity index (χ3v) is 5.68. The molecule has 0 unspecified atom stereocenters. The maximum Gasteiger partial charge on any atom is 0.309 e. The van der Waals surface area contributed by atoms with Gasteiger partial charge in [-0.1, -0.05) is 54.3 Å². The van der Waals surface area contributed by atoms with E-state index in [1.54, 1.807) is 6.07 Å². The first kappa shape index (κ1) is 21.6. The summed E-state index contributed by atoms with van der Waals surface area (Å²) >= 11 is 0. The van der Waals surface area contributed by atoms with Gasteiger partial charge in [0.05, 0.1) is 11.5 Å². The number of anilines is 1. The van der Waals surface area contributed by atoms with Crippen molar-refractivity contribution in [3.63, 3.8) is 0 Å². The molecule has 0 saturated carbocycles. The standard InChI is InChI=1S/C27H25FN2O2/c1-29-26-12-8-20(13-19-5-3-2-4-6-19)14-23(26)11-10-22-9-7-21(15-25(22)28)16-30-17-24(18-30)27(31)32/h2-9,12,14-15,24,29H,13,16-18H2,1H3,(H,31,32). The van der Waals surface area contributed by atoms with Gasteiger partial charge in [0.2, 0.25) is 0 Å². The molecule has 162 valence electrons. The smallest absolute Gasteiger partial charge is 0.309 e. The normalized spacial score (nSPS) is 13.7. The zero-order valence-corrected chi connectivity index (χ0v) is 17.9. The molecule has 0 radical (unpaired) electrons. The predicted octanol–water partition coefficient (Wildman–Crippen LogP) is 4.37. The van der Waals surface area contributed by atoms with E-state index in [-0.39, 0.29) is 11.7 Å². The van der Waals surface area contributed by atoms with Crippen molar-refractivity contribution in [3.05, 3.63) is 100 Å². The molecule has 1 saturated heterocycles. The molecule has 0 aromatic heterocycles. The summed E-state index contributed by atoms with van der Waals surface area (Å²) in [5, 5.41) is 12.1. The SMILES string of the molecule is CNc1ccc(Cc2ccccc2)cc1C#Cc1ccc(CN2CC(C(=O)O)C2)cc1F. The minimum Gasteiger partial charge on any atom is -0.481 e. The van der Waals surface area contributed by atoms with Crippen LogP contribution in [0.3, 0.4) is 0 Å². The van der Waals surface area contributed by atoms with Crippen LogP contribution in [0.25, 0.3) is 0 Å². The number of nitrogens with zero attached hydrogens (tertiary/aromatic N) is 1. The Bertz CT molecular complexity index is 1180. The van der Waals surface area contributed by atoms with Gasteiger partial charge in [0.25, 0.3) is 0 Å². The molecule has 1 aliphatic heterocycles. The zero-order chi connectivity index (χ0) is 22.5. The molecule has 0 amide bonds. The van der Waals surface area contributed by atoms with Crippen molar-refractivity contribution in [1.82, 2.24) is 4.90 Å². The van der Waals surface area contributed by atoms with Crippen LogP contribution < -0.4 is 5.32 Å². The number of halogens is 1. The number of rotatable bonds is 6. The summed E-state index contributed by atoms with van der Waals surface area (Å²) in [5.41, 5.74) is 5.25. The number of carbonyl (C=O) groups is 1. The average molecular weight is 429 g/mol. The topological polar surface area (TPSA) is 52.6 Å². The number of hydrogen-bond acceptors (Lipinski definition) is 3. The third kappa shape index (κ3) is 5.16. The Hall–Kier alpha value is -3.62. The lowest BCUT2D eigenvalue weighted by Gasteiger charge is -2.36. The fourth-order valence-corrected chi connectivity index (χ4v) is 3.86. The van der Waals surface area contributed by atoms with E-state index >= 15 is 0 Å². The molecular weight excluding hydrogens is 403 g/mol. The Balaban J connectivity index is 1.48. The maximum atomic E-state index is 14.6. The number of likely N-dealkylation sites (tertiary alicyclic amines) is 1. The van der Waals surface area contributed by atoms with E-state index in [9.17, 15) is 9.18 Å². The maximum absolute atomic E-state index is 14.6. The second-order valence-corrected chi connectivity index (χ2v) is 8.09. The Labute approximate surface area is 187 Å². The molecule has 3 aromatic carbocycles. The number of benzene rings is 3. The van der Waals surface area contributed by atoms with Crippen molar-refractivity contribution in [1.29, 1.82) is 0 Å². The van der Waals surface area contributed by atoms with Crippen LogP contribution in [-0.4, -0.2) is 36.1 Å². The fraction of sp³-hybridized carbons (Fsp3) is 0.222. The zero-order valence-electron chi connectivity index (χ0n) is 17.9. The Kier molecular flexibility index (Phi) is 6.53. The van der Waals surface area contributed by atoms with Crippen molar-refractivity contribution in [2.24, 2.45) is 5.92 Å². The molecule has 0 spiro atoms. The summed E-state index contributed by atoms with van der Waals surface area (Å²) in [4.78, 5) is 12.9. The first-order valence-corrected chi connectivity index (χ1v) is 10.6. The number of carboxylic acids is 1. The molecule has 3 aromatic rings. The van der Waals surface area contributed by atoms with Crippen molar-refractivity contribution in [2.45, 2.75) is 13.0 Å². The van der Waals surface area contributed by atoms with E-state index in [1.165, 1.54) is 11.6 Å². The molecule has 4 rings (SSSR count). The van der Waals surface area contributed by atoms with Gasteiger partial charge in [0.15, 0.2) is 0 Å². The van der Waals surface area contributed by atoms with Gasteiger partial charge in [-0.15, -0.1) is 0 Å². The van der Waals surface area contributed by atoms with Gasteiger partial charge in [0, 0.05) is 37.9 Å². The van der Waals surface area contributed by atoms with Crippen molar-refractivity contribution in [3.8, 4) is 11.8 Å². The van der Waals surface area contributed by atoms with Crippen molar-refractivity contribution < 1.29 is 14.3 Å². The van der Waals surface area contributed by atoms with Gasteiger partial charge in [-0.05, 0) is 47.4 Å². The quantitative estimate of drug-likeness (QED) is 0.573. The van der Waals surface area contributed by atoms with Gasteiger partial charge >= 0.3 is 5.97 Å². The molecule has 1 heterocycles. The molecule has 1 fully saturated rings. The van der Waals surface area contributed by atoms with E-state index in [2.05, 4.69) is 35.4 Å². The summed E-state index contributed by atoms with van der Waals surface area (Å²) < 4.78 is 14.6. The van der Waals surface area contributed by atoms with E-state index in [4.69, 9.17) is 5.11 Å². The fourth-order valence-electron chi connectivity index (χ4n) is 3.86. The minimum absolute atomic E-state index is 0.316. The van der Waals surface area contributed by atoms with Crippen LogP contribution in [0.1, 0.15) is 27.8 Å². The Morgan fingerprint density at radius 2 is 1.72 bits per heavy atom. The first-order chi connectivity index (χ1) is 15.5. The number of aliphatic carboxylic acids is 1. The highest BCUT2D eigenvalue weighted by Gasteiger charge is 2.32. The summed E-state index contributed by atoms with van der Waals surface area (Å²) in [6.45, 7) is 1.55. The Morgan fingerprint density at radius 1 is 1.00 bits per heavy atom. The van der Waals surface area contributed by atoms with Gasteiger partial charge in [-0.3, -0.25) is 9.69 Å². The van der Waals surface area contributed by atoms with Gasteiger partial charge in [-0.25, -0.2) is 4.39 Å². The molecule has 4 nitrogen and oxygen atoms in total. The summed E-state index contributed by atoms with van der Waals surface area (Å²) in [5.74, 6) is 4.64. The van der Waals surface area contributed by atoms with Crippen LogP contribution in [-0.2, 0) is 17.8 Å². The predicted molar refractivity (Wildman–Crippen MR) is 124 cm³/mol. The largest absolute Gasteiger partial charge is 0.481 e. The highest BCUT2D eigenvalue weighted by atomic mass is 19.1. The number of nitrogens with one attached hydrogen (secondary N) is 1. The molecule has 2 N–H and O–H groups in total. The average Bonchev–Trinajstić information content (AvgIpc) is 2.76. The van der Waals surface area contributed by atoms with Crippen LogP contribution in [0.4, 0.5) is 10.1 Å². The van der Waals surface area contributed by atoms with E-state index in [0.717, 1.165) is 28.8 Å².